The number of unbranched alkanes of at least 4 members (excludes halogenated alkanes) is 1. The molecule has 3 aliphatic heterocycles. The van der Waals surface area contributed by atoms with Crippen molar-refractivity contribution in [3.63, 3.8) is 0 Å². The number of hydrogen-bond acceptors (Lipinski definition) is 8. The molecule has 0 aromatic heterocycles. The zero-order valence-corrected chi connectivity index (χ0v) is 19.0. The van der Waals surface area contributed by atoms with Crippen LogP contribution in [-0.2, 0) is 14.4 Å². The van der Waals surface area contributed by atoms with Crippen LogP contribution in [0.15, 0.2) is 18.2 Å². The van der Waals surface area contributed by atoms with Crippen molar-refractivity contribution in [1.29, 1.82) is 0 Å². The van der Waals surface area contributed by atoms with Crippen LogP contribution >= 0.6 is 0 Å². The van der Waals surface area contributed by atoms with E-state index in [0.29, 0.717) is 25.3 Å². The summed E-state index contributed by atoms with van der Waals surface area (Å²) in [5.41, 5.74) is 1.07. The Balaban J connectivity index is 1.25. The number of hydrogen-bond donors (Lipinski definition) is 4. The van der Waals surface area contributed by atoms with Crippen molar-refractivity contribution < 1.29 is 24.0 Å². The molecule has 0 saturated carbocycles. The number of anilines is 1. The Bertz CT molecular complexity index is 990. The maximum absolute atomic E-state index is 13.1. The van der Waals surface area contributed by atoms with E-state index in [-0.39, 0.29) is 29.9 Å². The first kappa shape index (κ1) is 23.8. The number of carbonyl (C=O) groups is 5. The molecule has 1 atom stereocenters. The summed E-state index contributed by atoms with van der Waals surface area (Å²) in [5, 5.41) is 11.8. The Morgan fingerprint density at radius 1 is 1.03 bits per heavy atom. The highest BCUT2D eigenvalue weighted by molar-refractivity contribution is 6.25. The number of amides is 5. The van der Waals surface area contributed by atoms with Crippen molar-refractivity contribution in [2.45, 2.75) is 31.7 Å². The SMILES string of the molecule is O=C1CCC(N2C(=O)c3cccc(NCCCCNCC(=O)N4CCNCC4)c3C2=O)C(=O)N1. The second-order valence-corrected chi connectivity index (χ2v) is 8.62. The fraction of sp³-hybridized carbons (Fsp3) is 0.522. The van der Waals surface area contributed by atoms with Crippen LogP contribution in [0.25, 0.3) is 0 Å². The molecular weight excluding hydrogens is 440 g/mol. The molecule has 34 heavy (non-hydrogen) atoms. The molecule has 0 spiro atoms. The van der Waals surface area contributed by atoms with E-state index >= 15 is 0 Å². The van der Waals surface area contributed by atoms with Gasteiger partial charge in [-0.25, -0.2) is 0 Å². The third-order valence-corrected chi connectivity index (χ3v) is 6.31. The Kier molecular flexibility index (Phi) is 7.53. The molecule has 182 valence electrons. The van der Waals surface area contributed by atoms with Crippen molar-refractivity contribution in [3.8, 4) is 0 Å². The van der Waals surface area contributed by atoms with Gasteiger partial charge >= 0.3 is 0 Å². The van der Waals surface area contributed by atoms with Gasteiger partial charge in [0.15, 0.2) is 0 Å². The molecule has 3 heterocycles. The van der Waals surface area contributed by atoms with Gasteiger partial charge in [-0.15, -0.1) is 0 Å². The minimum absolute atomic E-state index is 0.0871. The number of nitrogens with zero attached hydrogens (tertiary/aromatic N) is 2. The summed E-state index contributed by atoms with van der Waals surface area (Å²) in [7, 11) is 0. The molecule has 2 saturated heterocycles. The fourth-order valence-electron chi connectivity index (χ4n) is 4.48. The topological polar surface area (TPSA) is 140 Å². The van der Waals surface area contributed by atoms with Crippen molar-refractivity contribution in [2.24, 2.45) is 0 Å². The molecule has 5 amide bonds. The second-order valence-electron chi connectivity index (χ2n) is 8.62. The third-order valence-electron chi connectivity index (χ3n) is 6.31. The summed E-state index contributed by atoms with van der Waals surface area (Å²) in [5.74, 6) is -1.95. The average Bonchev–Trinajstić information content (AvgIpc) is 3.09. The largest absolute Gasteiger partial charge is 0.384 e. The smallest absolute Gasteiger partial charge is 0.264 e. The van der Waals surface area contributed by atoms with Crippen LogP contribution in [0.3, 0.4) is 0 Å². The lowest BCUT2D eigenvalue weighted by Crippen LogP contribution is -2.54. The van der Waals surface area contributed by atoms with Crippen molar-refractivity contribution in [2.75, 3.05) is 51.1 Å². The normalized spacial score (nSPS) is 20.4. The fourth-order valence-corrected chi connectivity index (χ4v) is 4.48. The van der Waals surface area contributed by atoms with Gasteiger partial charge in [0.2, 0.25) is 17.7 Å². The summed E-state index contributed by atoms with van der Waals surface area (Å²) in [4.78, 5) is 64.6. The van der Waals surface area contributed by atoms with Gasteiger partial charge in [-0.05, 0) is 37.9 Å². The molecule has 3 aliphatic rings. The number of benzene rings is 1. The number of carbonyl (C=O) groups excluding carboxylic acids is 5. The van der Waals surface area contributed by atoms with Gasteiger partial charge < -0.3 is 20.9 Å². The Labute approximate surface area is 197 Å². The van der Waals surface area contributed by atoms with Gasteiger partial charge in [0.05, 0.1) is 17.7 Å². The molecule has 11 heteroatoms. The number of nitrogens with one attached hydrogen (secondary N) is 4. The van der Waals surface area contributed by atoms with E-state index in [9.17, 15) is 24.0 Å². The standard InChI is InChI=1S/C23H30N6O5/c30-18-7-6-17(21(32)27-18)29-22(33)15-4-3-5-16(20(15)23(29)34)26-9-2-1-8-25-14-19(31)28-12-10-24-11-13-28/h3-5,17,24-26H,1-2,6-14H2,(H,27,30,32). The van der Waals surface area contributed by atoms with Crippen molar-refractivity contribution >= 4 is 35.2 Å². The average molecular weight is 471 g/mol. The van der Waals surface area contributed by atoms with E-state index < -0.39 is 29.7 Å². The van der Waals surface area contributed by atoms with E-state index in [1.807, 2.05) is 4.90 Å². The van der Waals surface area contributed by atoms with Crippen LogP contribution in [0.5, 0.6) is 0 Å². The third kappa shape index (κ3) is 5.10. The minimum atomic E-state index is -0.979. The predicted octanol–water partition coefficient (Wildman–Crippen LogP) is -0.699. The van der Waals surface area contributed by atoms with Crippen molar-refractivity contribution in [1.82, 2.24) is 25.8 Å². The quantitative estimate of drug-likeness (QED) is 0.274. The lowest BCUT2D eigenvalue weighted by Gasteiger charge is -2.27. The van der Waals surface area contributed by atoms with E-state index in [0.717, 1.165) is 43.9 Å². The van der Waals surface area contributed by atoms with Crippen LogP contribution in [0.1, 0.15) is 46.4 Å². The van der Waals surface area contributed by atoms with Crippen LogP contribution < -0.4 is 21.3 Å². The maximum atomic E-state index is 13.1. The van der Waals surface area contributed by atoms with Gasteiger partial charge in [-0.3, -0.25) is 34.2 Å². The molecule has 1 aromatic carbocycles. The van der Waals surface area contributed by atoms with Gasteiger partial charge in [-0.1, -0.05) is 6.07 Å². The van der Waals surface area contributed by atoms with E-state index in [1.54, 1.807) is 18.2 Å². The minimum Gasteiger partial charge on any atom is -0.384 e. The predicted molar refractivity (Wildman–Crippen MR) is 123 cm³/mol. The first-order chi connectivity index (χ1) is 16.5. The van der Waals surface area contributed by atoms with Crippen LogP contribution in [0, 0.1) is 0 Å². The van der Waals surface area contributed by atoms with E-state index in [1.165, 1.54) is 0 Å². The Hall–Kier alpha value is -3.31. The summed E-state index contributed by atoms with van der Waals surface area (Å²) < 4.78 is 0. The van der Waals surface area contributed by atoms with Gasteiger partial charge in [-0.2, -0.15) is 0 Å². The molecule has 0 bridgehead atoms. The highest BCUT2D eigenvalue weighted by Crippen LogP contribution is 2.32. The van der Waals surface area contributed by atoms with Crippen LogP contribution in [0.4, 0.5) is 5.69 Å². The van der Waals surface area contributed by atoms with Gasteiger partial charge in [0, 0.05) is 44.8 Å². The highest BCUT2D eigenvalue weighted by atomic mass is 16.2. The maximum Gasteiger partial charge on any atom is 0.264 e. The monoisotopic (exact) mass is 470 g/mol. The molecule has 4 rings (SSSR count). The number of rotatable bonds is 9. The summed E-state index contributed by atoms with van der Waals surface area (Å²) in [6.45, 7) is 4.77. The highest BCUT2D eigenvalue weighted by Gasteiger charge is 2.45. The lowest BCUT2D eigenvalue weighted by molar-refractivity contribution is -0.136. The number of piperazine rings is 1. The molecule has 2 fully saturated rings. The van der Waals surface area contributed by atoms with E-state index in [2.05, 4.69) is 21.3 Å². The number of fused-ring (bicyclic) bond motifs is 1. The molecular formula is C23H30N6O5. The molecule has 4 N–H and O–H groups in total. The summed E-state index contributed by atoms with van der Waals surface area (Å²) in [6.07, 6.45) is 1.86. The summed E-state index contributed by atoms with van der Waals surface area (Å²) in [6, 6.07) is 4.03. The first-order valence-corrected chi connectivity index (χ1v) is 11.7. The van der Waals surface area contributed by atoms with Crippen LogP contribution in [-0.4, -0.2) is 91.2 Å². The van der Waals surface area contributed by atoms with Gasteiger partial charge in [0.1, 0.15) is 6.04 Å². The molecule has 0 radical (unpaired) electrons. The Morgan fingerprint density at radius 3 is 2.56 bits per heavy atom. The van der Waals surface area contributed by atoms with E-state index in [4.69, 9.17) is 0 Å². The number of imide groups is 2. The zero-order valence-electron chi connectivity index (χ0n) is 19.0. The van der Waals surface area contributed by atoms with Crippen LogP contribution in [0.2, 0.25) is 0 Å². The summed E-state index contributed by atoms with van der Waals surface area (Å²) >= 11 is 0. The first-order valence-electron chi connectivity index (χ1n) is 11.7. The molecule has 0 aliphatic carbocycles. The zero-order chi connectivity index (χ0) is 24.1. The molecule has 1 aromatic rings. The number of piperidine rings is 1. The van der Waals surface area contributed by atoms with Gasteiger partial charge in [0.25, 0.3) is 11.8 Å². The lowest BCUT2D eigenvalue weighted by atomic mass is 10.0. The Morgan fingerprint density at radius 2 is 1.79 bits per heavy atom. The molecule has 1 unspecified atom stereocenters. The van der Waals surface area contributed by atoms with Crippen molar-refractivity contribution in [3.05, 3.63) is 29.3 Å². The second kappa shape index (κ2) is 10.7. The molecule has 11 nitrogen and oxygen atoms in total.